The van der Waals surface area contributed by atoms with Gasteiger partial charge in [0.25, 0.3) is 0 Å². The molecule has 0 unspecified atom stereocenters. The third-order valence-corrected chi connectivity index (χ3v) is 7.78. The lowest BCUT2D eigenvalue weighted by Gasteiger charge is -2.24. The van der Waals surface area contributed by atoms with Gasteiger partial charge in [-0.1, -0.05) is 99.7 Å². The Kier molecular flexibility index (Phi) is 10.1. The third-order valence-electron chi connectivity index (χ3n) is 7.78. The molecular weight excluding hydrogens is 470 g/mol. The van der Waals surface area contributed by atoms with Gasteiger partial charge in [0, 0.05) is 19.5 Å². The van der Waals surface area contributed by atoms with Crippen LogP contribution >= 0.6 is 0 Å². The Morgan fingerprint density at radius 1 is 0.789 bits per heavy atom. The van der Waals surface area contributed by atoms with E-state index in [4.69, 9.17) is 4.74 Å². The summed E-state index contributed by atoms with van der Waals surface area (Å²) < 4.78 is 4.81. The van der Waals surface area contributed by atoms with Crippen molar-refractivity contribution in [2.24, 2.45) is 5.92 Å². The molecule has 38 heavy (non-hydrogen) atoms. The van der Waals surface area contributed by atoms with Crippen LogP contribution in [0, 0.1) is 5.92 Å². The summed E-state index contributed by atoms with van der Waals surface area (Å²) in [6.07, 6.45) is 10.2. The predicted molar refractivity (Wildman–Crippen MR) is 154 cm³/mol. The van der Waals surface area contributed by atoms with Crippen LogP contribution in [-0.4, -0.2) is 23.9 Å². The highest BCUT2D eigenvalue weighted by molar-refractivity contribution is 5.89. The number of rotatable bonds is 12. The van der Waals surface area contributed by atoms with E-state index >= 15 is 0 Å². The van der Waals surface area contributed by atoms with Gasteiger partial charge in [0.05, 0.1) is 12.7 Å². The number of unbranched alkanes of at least 4 members (excludes halogenated alkanes) is 1. The zero-order chi connectivity index (χ0) is 26.7. The van der Waals surface area contributed by atoms with E-state index in [9.17, 15) is 9.59 Å². The first-order valence-corrected chi connectivity index (χ1v) is 14.2. The van der Waals surface area contributed by atoms with Gasteiger partial charge in [-0.05, 0) is 65.1 Å². The van der Waals surface area contributed by atoms with Crippen LogP contribution < -0.4 is 0 Å². The Labute approximate surface area is 228 Å². The molecule has 4 rings (SSSR count). The number of esters is 1. The van der Waals surface area contributed by atoms with Crippen molar-refractivity contribution in [1.29, 1.82) is 0 Å². The van der Waals surface area contributed by atoms with Crippen LogP contribution in [0.1, 0.15) is 85.3 Å². The number of aryl methyl sites for hydroxylation is 1. The van der Waals surface area contributed by atoms with E-state index in [1.54, 1.807) is 12.1 Å². The van der Waals surface area contributed by atoms with Gasteiger partial charge in [-0.2, -0.15) is 0 Å². The normalized spacial score (nSPS) is 13.4. The first-order valence-electron chi connectivity index (χ1n) is 14.2. The smallest absolute Gasteiger partial charge is 0.337 e. The molecule has 0 aromatic heterocycles. The van der Waals surface area contributed by atoms with Gasteiger partial charge in [0.1, 0.15) is 0 Å². The monoisotopic (exact) mass is 511 g/mol. The van der Waals surface area contributed by atoms with Crippen LogP contribution in [0.4, 0.5) is 0 Å². The number of ether oxygens (including phenoxy) is 1. The molecule has 200 valence electrons. The van der Waals surface area contributed by atoms with Gasteiger partial charge >= 0.3 is 5.97 Å². The molecule has 1 aliphatic carbocycles. The summed E-state index contributed by atoms with van der Waals surface area (Å²) in [5.41, 5.74) is 6.43. The Balaban J connectivity index is 1.44. The van der Waals surface area contributed by atoms with E-state index in [0.29, 0.717) is 31.0 Å². The van der Waals surface area contributed by atoms with Gasteiger partial charge in [-0.25, -0.2) is 4.79 Å². The van der Waals surface area contributed by atoms with Crippen LogP contribution in [0.5, 0.6) is 0 Å². The zero-order valence-electron chi connectivity index (χ0n) is 23.0. The molecule has 1 saturated carbocycles. The van der Waals surface area contributed by atoms with Gasteiger partial charge in [0.2, 0.25) is 5.91 Å². The van der Waals surface area contributed by atoms with Crippen molar-refractivity contribution in [3.05, 3.63) is 95.1 Å². The minimum Gasteiger partial charge on any atom is -0.465 e. The van der Waals surface area contributed by atoms with Gasteiger partial charge in [0.15, 0.2) is 0 Å². The molecule has 1 aliphatic rings. The molecule has 0 bridgehead atoms. The van der Waals surface area contributed by atoms with E-state index in [2.05, 4.69) is 55.5 Å². The summed E-state index contributed by atoms with van der Waals surface area (Å²) in [6, 6.07) is 24.8. The first kappa shape index (κ1) is 27.6. The molecule has 0 N–H and O–H groups in total. The molecule has 0 saturated heterocycles. The largest absolute Gasteiger partial charge is 0.465 e. The number of hydrogen-bond acceptors (Lipinski definition) is 3. The number of hydrogen-bond donors (Lipinski definition) is 0. The molecule has 3 aromatic carbocycles. The lowest BCUT2D eigenvalue weighted by Crippen LogP contribution is -2.30. The summed E-state index contributed by atoms with van der Waals surface area (Å²) >= 11 is 0. The SMILES string of the molecule is CCCCc1ccc(-c2ccc(CN(Cc3ccc(C(=O)OC)cc3)C(=O)CCC3CCCC3)cc2)cc1. The molecule has 0 aliphatic heterocycles. The molecule has 0 heterocycles. The highest BCUT2D eigenvalue weighted by Crippen LogP contribution is 2.29. The standard InChI is InChI=1S/C34H41NO3/c1-3-4-7-27-10-17-30(18-11-27)31-19-12-28(13-20-31)24-35(33(36)23-16-26-8-5-6-9-26)25-29-14-21-32(22-15-29)34(37)38-2/h10-15,17-22,26H,3-9,16,23-25H2,1-2H3. The van der Waals surface area contributed by atoms with Gasteiger partial charge in [-0.15, -0.1) is 0 Å². The van der Waals surface area contributed by atoms with E-state index in [1.807, 2.05) is 17.0 Å². The molecule has 3 aromatic rings. The highest BCUT2D eigenvalue weighted by atomic mass is 16.5. The van der Waals surface area contributed by atoms with Crippen molar-refractivity contribution in [2.45, 2.75) is 77.8 Å². The highest BCUT2D eigenvalue weighted by Gasteiger charge is 2.20. The van der Waals surface area contributed by atoms with Crippen LogP contribution in [0.2, 0.25) is 0 Å². The van der Waals surface area contributed by atoms with Gasteiger partial charge < -0.3 is 9.64 Å². The fourth-order valence-corrected chi connectivity index (χ4v) is 5.37. The van der Waals surface area contributed by atoms with Crippen LogP contribution in [0.3, 0.4) is 0 Å². The molecular formula is C34H41NO3. The Morgan fingerprint density at radius 3 is 1.84 bits per heavy atom. The van der Waals surface area contributed by atoms with E-state index in [0.717, 1.165) is 24.0 Å². The van der Waals surface area contributed by atoms with Crippen LogP contribution in [-0.2, 0) is 29.0 Å². The predicted octanol–water partition coefficient (Wildman–Crippen LogP) is 7.98. The van der Waals surface area contributed by atoms with Crippen LogP contribution in [0.15, 0.2) is 72.8 Å². The maximum absolute atomic E-state index is 13.4. The fourth-order valence-electron chi connectivity index (χ4n) is 5.37. The third kappa shape index (κ3) is 7.80. The molecule has 0 radical (unpaired) electrons. The Hall–Kier alpha value is -3.40. The molecule has 0 atom stereocenters. The van der Waals surface area contributed by atoms with Crippen molar-refractivity contribution in [3.63, 3.8) is 0 Å². The van der Waals surface area contributed by atoms with E-state index < -0.39 is 0 Å². The molecule has 0 spiro atoms. The second-order valence-corrected chi connectivity index (χ2v) is 10.6. The maximum atomic E-state index is 13.4. The summed E-state index contributed by atoms with van der Waals surface area (Å²) in [5.74, 6) is 0.533. The second-order valence-electron chi connectivity index (χ2n) is 10.6. The Morgan fingerprint density at radius 2 is 1.32 bits per heavy atom. The first-order chi connectivity index (χ1) is 18.6. The van der Waals surface area contributed by atoms with Crippen molar-refractivity contribution in [3.8, 4) is 11.1 Å². The summed E-state index contributed by atoms with van der Waals surface area (Å²) in [7, 11) is 1.38. The number of carbonyl (C=O) groups excluding carboxylic acids is 2. The lowest BCUT2D eigenvalue weighted by molar-refractivity contribution is -0.132. The number of carbonyl (C=O) groups is 2. The second kappa shape index (κ2) is 13.9. The summed E-state index contributed by atoms with van der Waals surface area (Å²) in [6.45, 7) is 3.31. The van der Waals surface area contributed by atoms with Crippen molar-refractivity contribution < 1.29 is 14.3 Å². The lowest BCUT2D eigenvalue weighted by atomic mass is 10.00. The number of methoxy groups -OCH3 is 1. The molecule has 1 amide bonds. The van der Waals surface area contributed by atoms with E-state index in [-0.39, 0.29) is 11.9 Å². The minimum atomic E-state index is -0.350. The Bertz CT molecular complexity index is 1160. The number of nitrogens with zero attached hydrogens (tertiary/aromatic N) is 1. The summed E-state index contributed by atoms with van der Waals surface area (Å²) in [4.78, 5) is 27.1. The molecule has 4 heteroatoms. The van der Waals surface area contributed by atoms with Crippen molar-refractivity contribution in [2.75, 3.05) is 7.11 Å². The topological polar surface area (TPSA) is 46.6 Å². The average Bonchev–Trinajstić information content (AvgIpc) is 3.49. The van der Waals surface area contributed by atoms with E-state index in [1.165, 1.54) is 62.3 Å². The number of benzene rings is 3. The van der Waals surface area contributed by atoms with Crippen molar-refractivity contribution in [1.82, 2.24) is 4.90 Å². The molecule has 4 nitrogen and oxygen atoms in total. The fraction of sp³-hybridized carbons (Fsp3) is 0.412. The van der Waals surface area contributed by atoms with Gasteiger partial charge in [-0.3, -0.25) is 4.79 Å². The number of amides is 1. The minimum absolute atomic E-state index is 0.195. The quantitative estimate of drug-likeness (QED) is 0.232. The zero-order valence-corrected chi connectivity index (χ0v) is 23.0. The summed E-state index contributed by atoms with van der Waals surface area (Å²) in [5, 5.41) is 0. The van der Waals surface area contributed by atoms with Crippen molar-refractivity contribution >= 4 is 11.9 Å². The maximum Gasteiger partial charge on any atom is 0.337 e. The average molecular weight is 512 g/mol. The molecule has 1 fully saturated rings. The van der Waals surface area contributed by atoms with Crippen LogP contribution in [0.25, 0.3) is 11.1 Å².